The van der Waals surface area contributed by atoms with Gasteiger partial charge in [-0.05, 0) is 48.2 Å². The summed E-state index contributed by atoms with van der Waals surface area (Å²) in [6.07, 6.45) is 0. The Morgan fingerprint density at radius 3 is 1.63 bits per heavy atom. The molecule has 10 heteroatoms. The Morgan fingerprint density at radius 2 is 1.37 bits per heavy atom. The summed E-state index contributed by atoms with van der Waals surface area (Å²) < 4.78 is 38.8. The summed E-state index contributed by atoms with van der Waals surface area (Å²) in [7, 11) is -3.04. The molecule has 2 aromatic heterocycles. The summed E-state index contributed by atoms with van der Waals surface area (Å²) in [5.74, 6) is 0. The van der Waals surface area contributed by atoms with Crippen molar-refractivity contribution in [1.82, 2.24) is 9.78 Å². The Hall–Kier alpha value is -0.940. The van der Waals surface area contributed by atoms with E-state index in [-0.39, 0.29) is 10.8 Å². The maximum atomic E-state index is 8.49. The average molecular weight is 436 g/mol. The lowest BCUT2D eigenvalue weighted by Gasteiger charge is -2.26. The first-order valence-electron chi connectivity index (χ1n) is 8.15. The van der Waals surface area contributed by atoms with E-state index in [1.165, 1.54) is 17.0 Å². The number of aryl methyl sites for hydroxylation is 2. The number of aromatic nitrogens is 3. The van der Waals surface area contributed by atoms with Crippen molar-refractivity contribution >= 4 is 23.6 Å². The Morgan fingerprint density at radius 1 is 1.00 bits per heavy atom. The van der Waals surface area contributed by atoms with Gasteiger partial charge in [0.2, 0.25) is 3.95 Å². The molecular formula is C17H26ClN3O4S2. The molecule has 0 aliphatic heterocycles. The molecule has 0 amide bonds. The minimum absolute atomic E-state index is 0.0257. The van der Waals surface area contributed by atoms with Gasteiger partial charge in [0, 0.05) is 10.8 Å². The Bertz CT molecular complexity index is 818. The van der Waals surface area contributed by atoms with Gasteiger partial charge >= 0.3 is 5.13 Å². The summed E-state index contributed by atoms with van der Waals surface area (Å²) in [4.78, 5) is 0. The van der Waals surface area contributed by atoms with Crippen LogP contribution >= 0.6 is 23.6 Å². The maximum Gasteiger partial charge on any atom is 0.414 e. The Labute approximate surface area is 171 Å². The van der Waals surface area contributed by atoms with Gasteiger partial charge in [-0.15, -0.1) is 10.2 Å². The molecule has 0 saturated carbocycles. The van der Waals surface area contributed by atoms with Gasteiger partial charge in [0.25, 0.3) is 0 Å². The first-order chi connectivity index (χ1) is 11.9. The molecule has 0 aromatic carbocycles. The van der Waals surface area contributed by atoms with Crippen LogP contribution in [0.4, 0.5) is 0 Å². The molecule has 0 fully saturated rings. The Kier molecular flexibility index (Phi) is 7.32. The summed E-state index contributed by atoms with van der Waals surface area (Å²) in [5.41, 5.74) is 3.87. The minimum Gasteiger partial charge on any atom is -0.222 e. The first kappa shape index (κ1) is 24.1. The van der Waals surface area contributed by atoms with E-state index < -0.39 is 10.2 Å². The van der Waals surface area contributed by atoms with Crippen LogP contribution in [0, 0.1) is 21.1 Å². The molecule has 2 aromatic rings. The van der Waals surface area contributed by atoms with Crippen LogP contribution in [0.25, 0.3) is 5.13 Å². The molecule has 2 rings (SSSR count). The van der Waals surface area contributed by atoms with Gasteiger partial charge in [0.15, 0.2) is 0 Å². The molecular weight excluding hydrogens is 410 g/mol. The van der Waals surface area contributed by atoms with Gasteiger partial charge in [0.05, 0.1) is 12.1 Å². The van der Waals surface area contributed by atoms with Crippen LogP contribution in [0.2, 0.25) is 0 Å². The second-order valence-electron chi connectivity index (χ2n) is 8.29. The highest BCUT2D eigenvalue weighted by Gasteiger charge is 2.33. The topological polar surface area (TPSA) is 114 Å². The van der Waals surface area contributed by atoms with Crippen LogP contribution in [0.5, 0.6) is 0 Å². The zero-order chi connectivity index (χ0) is 21.4. The molecule has 0 spiro atoms. The molecule has 152 valence electrons. The zero-order valence-electron chi connectivity index (χ0n) is 16.8. The molecule has 0 N–H and O–H groups in total. The second kappa shape index (κ2) is 8.20. The molecule has 7 nitrogen and oxygen atoms in total. The van der Waals surface area contributed by atoms with Crippen molar-refractivity contribution in [1.29, 1.82) is 0 Å². The van der Waals surface area contributed by atoms with Crippen LogP contribution < -0.4 is 23.2 Å². The molecule has 0 atom stereocenters. The maximum absolute atomic E-state index is 8.49. The van der Waals surface area contributed by atoms with Gasteiger partial charge in [-0.3, -0.25) is 0 Å². The van der Waals surface area contributed by atoms with Gasteiger partial charge in [-0.2, -0.15) is 9.25 Å². The third kappa shape index (κ3) is 7.19. The van der Waals surface area contributed by atoms with E-state index in [9.17, 15) is 0 Å². The van der Waals surface area contributed by atoms with E-state index in [1.54, 1.807) is 16.0 Å². The smallest absolute Gasteiger partial charge is 0.222 e. The highest BCUT2D eigenvalue weighted by molar-refractivity contribution is 7.73. The van der Waals surface area contributed by atoms with Crippen molar-refractivity contribution in [3.05, 3.63) is 33.0 Å². The number of halogens is 1. The van der Waals surface area contributed by atoms with Gasteiger partial charge < -0.3 is 0 Å². The molecule has 27 heavy (non-hydrogen) atoms. The second-order valence-corrected chi connectivity index (χ2v) is 10.6. The quantitative estimate of drug-likeness (QED) is 0.446. The van der Waals surface area contributed by atoms with Gasteiger partial charge in [-0.25, -0.2) is 18.6 Å². The van der Waals surface area contributed by atoms with Crippen molar-refractivity contribution in [2.75, 3.05) is 0 Å². The highest BCUT2D eigenvalue weighted by Crippen LogP contribution is 2.28. The average Bonchev–Trinajstić information content (AvgIpc) is 2.73. The van der Waals surface area contributed by atoms with E-state index in [2.05, 4.69) is 70.3 Å². The molecule has 0 radical (unpaired) electrons. The van der Waals surface area contributed by atoms with Crippen molar-refractivity contribution in [2.45, 2.75) is 59.3 Å². The number of pyridine rings is 1. The van der Waals surface area contributed by atoms with Crippen molar-refractivity contribution in [3.63, 3.8) is 0 Å². The van der Waals surface area contributed by atoms with Crippen LogP contribution in [0.1, 0.15) is 58.5 Å². The normalized spacial score (nSPS) is 12.6. The van der Waals surface area contributed by atoms with E-state index >= 15 is 0 Å². The summed E-state index contributed by atoms with van der Waals surface area (Å²) in [5, 5.41) is 5.60. The predicted molar refractivity (Wildman–Crippen MR) is 95.6 cm³/mol. The lowest BCUT2D eigenvalue weighted by molar-refractivity contribution is -2.00. The summed E-state index contributed by atoms with van der Waals surface area (Å²) in [6, 6.07) is 4.53. The molecule has 0 bridgehead atoms. The van der Waals surface area contributed by atoms with E-state index in [0.717, 1.165) is 9.09 Å². The number of hydrogen-bond donors (Lipinski definition) is 0. The van der Waals surface area contributed by atoms with E-state index in [4.69, 9.17) is 30.9 Å². The van der Waals surface area contributed by atoms with Crippen molar-refractivity contribution in [2.24, 2.45) is 7.05 Å². The lowest BCUT2D eigenvalue weighted by atomic mass is 9.86. The number of hydrogen-bond acceptors (Lipinski definition) is 7. The highest BCUT2D eigenvalue weighted by atomic mass is 35.7. The molecule has 0 aliphatic rings. The number of rotatable bonds is 1. The van der Waals surface area contributed by atoms with Crippen molar-refractivity contribution in [3.8, 4) is 5.13 Å². The van der Waals surface area contributed by atoms with Crippen LogP contribution in [-0.2, 0) is 17.9 Å². The largest absolute Gasteiger partial charge is 0.414 e. The standard InChI is InChI=1S/C17H26N3S2.ClHO4/c1-11-9-12(16(2,3)4)20(13(10-11)17(5,6)7)14-18-19(8)15(21)22-14;2-1(3,4)5/h9-10H,1-8H3;(H,2,3,4,5)/q+1;/p-1. The first-order valence-corrected chi connectivity index (χ1v) is 10.6. The predicted octanol–water partition coefficient (Wildman–Crippen LogP) is -0.365. The zero-order valence-corrected chi connectivity index (χ0v) is 19.2. The van der Waals surface area contributed by atoms with Gasteiger partial charge in [-0.1, -0.05) is 41.5 Å². The summed E-state index contributed by atoms with van der Waals surface area (Å²) in [6.45, 7) is 15.6. The number of nitrogens with zero attached hydrogens (tertiary/aromatic N) is 3. The molecule has 0 unspecified atom stereocenters. The van der Waals surface area contributed by atoms with Gasteiger partial charge in [0.1, 0.15) is 11.4 Å². The fourth-order valence-electron chi connectivity index (χ4n) is 2.47. The molecule has 0 aliphatic carbocycles. The SMILES string of the molecule is Cc1cc(C(C)(C)C)[n+](-c2nn(C)c(=S)s2)c(C(C)(C)C)c1.[O-][Cl+3]([O-])([O-])[O-]. The van der Waals surface area contributed by atoms with Crippen LogP contribution in [-0.4, -0.2) is 9.78 Å². The third-order valence-electron chi connectivity index (χ3n) is 3.62. The Balaban J connectivity index is 0.000000646. The molecule has 2 heterocycles. The monoisotopic (exact) mass is 435 g/mol. The lowest BCUT2D eigenvalue weighted by Crippen LogP contribution is -2.68. The fraction of sp³-hybridized carbons (Fsp3) is 0.588. The van der Waals surface area contributed by atoms with E-state index in [1.807, 2.05) is 7.05 Å². The van der Waals surface area contributed by atoms with Crippen LogP contribution in [0.3, 0.4) is 0 Å². The van der Waals surface area contributed by atoms with Crippen LogP contribution in [0.15, 0.2) is 12.1 Å². The minimum atomic E-state index is -4.94. The van der Waals surface area contributed by atoms with E-state index in [0.29, 0.717) is 0 Å². The summed E-state index contributed by atoms with van der Waals surface area (Å²) >= 11 is 6.94. The third-order valence-corrected chi connectivity index (χ3v) is 5.02. The van der Waals surface area contributed by atoms with Crippen molar-refractivity contribution < 1.29 is 33.4 Å². The molecule has 0 saturated heterocycles. The fourth-order valence-corrected chi connectivity index (χ4v) is 3.51.